The van der Waals surface area contributed by atoms with E-state index in [0.717, 1.165) is 59.6 Å². The predicted molar refractivity (Wildman–Crippen MR) is 149 cm³/mol. The third-order valence-corrected chi connectivity index (χ3v) is 7.37. The van der Waals surface area contributed by atoms with Gasteiger partial charge in [-0.05, 0) is 61.4 Å². The number of benzene rings is 2. The van der Waals surface area contributed by atoms with E-state index in [0.29, 0.717) is 17.2 Å². The van der Waals surface area contributed by atoms with Crippen LogP contribution in [0.25, 0.3) is 39.5 Å². The summed E-state index contributed by atoms with van der Waals surface area (Å²) in [4.78, 5) is 33.2. The number of fused-ring (bicyclic) bond motifs is 2. The number of hydrogen-bond donors (Lipinski definition) is 1. The topological polar surface area (TPSA) is 79.2 Å². The maximum absolute atomic E-state index is 13.4. The first kappa shape index (κ1) is 22.4. The number of aromatic nitrogens is 5. The highest BCUT2D eigenvalue weighted by atomic mass is 16.1. The second-order valence-corrected chi connectivity index (χ2v) is 9.78. The molecule has 1 aliphatic rings. The number of H-pyrrole nitrogens is 1. The molecule has 0 radical (unpaired) electrons. The lowest BCUT2D eigenvalue weighted by Crippen LogP contribution is -2.36. The van der Waals surface area contributed by atoms with Crippen molar-refractivity contribution in [1.29, 1.82) is 0 Å². The highest BCUT2D eigenvalue weighted by Gasteiger charge is 2.27. The van der Waals surface area contributed by atoms with E-state index < -0.39 is 0 Å². The largest absolute Gasteiger partial charge is 0.371 e. The molecule has 1 aliphatic heterocycles. The molecule has 6 aromatic rings. The Labute approximate surface area is 219 Å². The van der Waals surface area contributed by atoms with Crippen molar-refractivity contribution >= 4 is 28.2 Å². The minimum Gasteiger partial charge on any atom is -0.371 e. The van der Waals surface area contributed by atoms with Gasteiger partial charge in [0.05, 0.1) is 16.7 Å². The number of imidazole rings is 2. The molecule has 7 rings (SSSR count). The summed E-state index contributed by atoms with van der Waals surface area (Å²) in [6, 6.07) is 28.0. The third-order valence-electron chi connectivity index (χ3n) is 7.37. The van der Waals surface area contributed by atoms with Crippen LogP contribution in [0.1, 0.15) is 23.3 Å². The highest BCUT2D eigenvalue weighted by molar-refractivity contribution is 5.96. The number of pyridine rings is 2. The van der Waals surface area contributed by atoms with E-state index in [4.69, 9.17) is 4.98 Å². The Balaban J connectivity index is 1.05. The van der Waals surface area contributed by atoms with Crippen LogP contribution in [0.15, 0.2) is 97.3 Å². The standard InChI is InChI=1S/C31H26N6O/c38-30(26-11-6-12-27(32-26)31-34-24-9-1-2-10-25(24)35-31)21-14-17-36(18-15-21)23-8-5-7-22(19-23)28-20-37-16-4-3-13-29(37)33-28/h1-13,16,19-21H,14-15,17-18H2,(H,34,35). The lowest BCUT2D eigenvalue weighted by Gasteiger charge is -2.33. The molecule has 0 amide bonds. The summed E-state index contributed by atoms with van der Waals surface area (Å²) in [5.41, 5.74) is 7.19. The molecule has 0 atom stereocenters. The second-order valence-electron chi connectivity index (χ2n) is 9.78. The number of nitrogens with one attached hydrogen (secondary N) is 1. The molecule has 0 spiro atoms. The van der Waals surface area contributed by atoms with Crippen LogP contribution in [0.4, 0.5) is 5.69 Å². The Morgan fingerprint density at radius 2 is 1.66 bits per heavy atom. The number of ketones is 1. The van der Waals surface area contributed by atoms with Crippen LogP contribution in [-0.4, -0.2) is 43.2 Å². The van der Waals surface area contributed by atoms with Crippen LogP contribution in [0.2, 0.25) is 0 Å². The van der Waals surface area contributed by atoms with E-state index in [1.54, 1.807) is 0 Å². The van der Waals surface area contributed by atoms with Crippen LogP contribution in [0, 0.1) is 5.92 Å². The molecule has 1 fully saturated rings. The van der Waals surface area contributed by atoms with Crippen molar-refractivity contribution in [3.05, 3.63) is 103 Å². The van der Waals surface area contributed by atoms with Crippen molar-refractivity contribution in [3.63, 3.8) is 0 Å². The highest BCUT2D eigenvalue weighted by Crippen LogP contribution is 2.29. The Morgan fingerprint density at radius 1 is 0.816 bits per heavy atom. The molecular formula is C31H26N6O. The molecule has 0 aliphatic carbocycles. The molecule has 7 nitrogen and oxygen atoms in total. The van der Waals surface area contributed by atoms with Gasteiger partial charge < -0.3 is 14.3 Å². The van der Waals surface area contributed by atoms with Crippen molar-refractivity contribution in [2.45, 2.75) is 12.8 Å². The molecule has 1 saturated heterocycles. The number of anilines is 1. The van der Waals surface area contributed by atoms with Gasteiger partial charge in [-0.3, -0.25) is 4.79 Å². The molecule has 5 heterocycles. The maximum Gasteiger partial charge on any atom is 0.184 e. The first-order valence-electron chi connectivity index (χ1n) is 13.0. The van der Waals surface area contributed by atoms with Crippen molar-refractivity contribution in [3.8, 4) is 22.8 Å². The smallest absolute Gasteiger partial charge is 0.184 e. The van der Waals surface area contributed by atoms with E-state index in [9.17, 15) is 4.79 Å². The first-order chi connectivity index (χ1) is 18.7. The fraction of sp³-hybridized carbons (Fsp3) is 0.161. The number of hydrogen-bond acceptors (Lipinski definition) is 5. The molecule has 0 unspecified atom stereocenters. The van der Waals surface area contributed by atoms with Gasteiger partial charge in [-0.2, -0.15) is 0 Å². The summed E-state index contributed by atoms with van der Waals surface area (Å²) in [5.74, 6) is 0.758. The summed E-state index contributed by atoms with van der Waals surface area (Å²) in [6.07, 6.45) is 5.67. The van der Waals surface area contributed by atoms with Crippen molar-refractivity contribution < 1.29 is 4.79 Å². The van der Waals surface area contributed by atoms with Crippen LogP contribution in [-0.2, 0) is 0 Å². The summed E-state index contributed by atoms with van der Waals surface area (Å²) < 4.78 is 2.04. The van der Waals surface area contributed by atoms with Gasteiger partial charge in [0.25, 0.3) is 0 Å². The van der Waals surface area contributed by atoms with Gasteiger partial charge in [0.15, 0.2) is 11.6 Å². The molecular weight excluding hydrogens is 472 g/mol. The zero-order chi connectivity index (χ0) is 25.5. The van der Waals surface area contributed by atoms with Gasteiger partial charge in [-0.25, -0.2) is 15.0 Å². The van der Waals surface area contributed by atoms with Gasteiger partial charge in [0.1, 0.15) is 17.0 Å². The van der Waals surface area contributed by atoms with E-state index in [-0.39, 0.29) is 11.7 Å². The minimum atomic E-state index is -0.0358. The summed E-state index contributed by atoms with van der Waals surface area (Å²) >= 11 is 0. The first-order valence-corrected chi connectivity index (χ1v) is 13.0. The maximum atomic E-state index is 13.4. The fourth-order valence-electron chi connectivity index (χ4n) is 5.32. The lowest BCUT2D eigenvalue weighted by molar-refractivity contribution is 0.0895. The van der Waals surface area contributed by atoms with Gasteiger partial charge >= 0.3 is 0 Å². The average molecular weight is 499 g/mol. The van der Waals surface area contributed by atoms with E-state index in [1.165, 1.54) is 0 Å². The van der Waals surface area contributed by atoms with Crippen LogP contribution < -0.4 is 4.90 Å². The Kier molecular flexibility index (Phi) is 5.47. The molecule has 2 aromatic carbocycles. The SMILES string of the molecule is O=C(c1cccc(-c2nc3ccccc3[nH]2)n1)C1CCN(c2cccc(-c3cn4ccccc4n3)c2)CC1. The number of piperidine rings is 1. The van der Waals surface area contributed by atoms with Gasteiger partial charge in [0.2, 0.25) is 0 Å². The van der Waals surface area contributed by atoms with E-state index in [2.05, 4.69) is 50.3 Å². The van der Waals surface area contributed by atoms with Crippen molar-refractivity contribution in [2.75, 3.05) is 18.0 Å². The Hall–Kier alpha value is -4.78. The molecule has 0 bridgehead atoms. The normalized spacial score (nSPS) is 14.4. The van der Waals surface area contributed by atoms with E-state index >= 15 is 0 Å². The van der Waals surface area contributed by atoms with Gasteiger partial charge in [-0.15, -0.1) is 0 Å². The van der Waals surface area contributed by atoms with Crippen molar-refractivity contribution in [2.24, 2.45) is 5.92 Å². The molecule has 4 aromatic heterocycles. The molecule has 1 N–H and O–H groups in total. The quantitative estimate of drug-likeness (QED) is 0.293. The Morgan fingerprint density at radius 3 is 2.53 bits per heavy atom. The summed E-state index contributed by atoms with van der Waals surface area (Å²) in [5, 5.41) is 0. The van der Waals surface area contributed by atoms with Crippen molar-refractivity contribution in [1.82, 2.24) is 24.3 Å². The average Bonchev–Trinajstić information content (AvgIpc) is 3.62. The Bertz CT molecular complexity index is 1710. The zero-order valence-electron chi connectivity index (χ0n) is 20.8. The lowest BCUT2D eigenvalue weighted by atomic mass is 9.90. The molecule has 38 heavy (non-hydrogen) atoms. The number of rotatable bonds is 5. The number of para-hydroxylation sites is 2. The van der Waals surface area contributed by atoms with Crippen LogP contribution in [0.5, 0.6) is 0 Å². The number of carbonyl (C=O) groups excluding carboxylic acids is 1. The summed E-state index contributed by atoms with van der Waals surface area (Å²) in [6.45, 7) is 1.66. The predicted octanol–water partition coefficient (Wildman–Crippen LogP) is 6.04. The number of carbonyl (C=O) groups is 1. The monoisotopic (exact) mass is 498 g/mol. The molecule has 7 heteroatoms. The second kappa shape index (κ2) is 9.27. The van der Waals surface area contributed by atoms with Gasteiger partial charge in [0, 0.05) is 42.7 Å². The fourth-order valence-corrected chi connectivity index (χ4v) is 5.32. The minimum absolute atomic E-state index is 0.0358. The van der Waals surface area contributed by atoms with E-state index in [1.807, 2.05) is 71.3 Å². The van der Waals surface area contributed by atoms with Crippen LogP contribution >= 0.6 is 0 Å². The number of Topliss-reactive ketones (excluding diaryl/α,β-unsaturated/α-hetero) is 1. The van der Waals surface area contributed by atoms with Gasteiger partial charge in [-0.1, -0.05) is 36.4 Å². The summed E-state index contributed by atoms with van der Waals surface area (Å²) in [7, 11) is 0. The van der Waals surface area contributed by atoms with Crippen LogP contribution in [0.3, 0.4) is 0 Å². The zero-order valence-corrected chi connectivity index (χ0v) is 20.8. The third kappa shape index (κ3) is 4.12. The molecule has 186 valence electrons. The number of aromatic amines is 1. The molecule has 0 saturated carbocycles. The number of nitrogens with zero attached hydrogens (tertiary/aromatic N) is 5.